The zero-order valence-electron chi connectivity index (χ0n) is 13.0. The van der Waals surface area contributed by atoms with E-state index in [-0.39, 0.29) is 30.8 Å². The number of anilines is 1. The zero-order valence-corrected chi connectivity index (χ0v) is 13.8. The third-order valence-electron chi connectivity index (χ3n) is 4.25. The van der Waals surface area contributed by atoms with Crippen LogP contribution in [0.4, 0.5) is 10.1 Å². The minimum atomic E-state index is -0.532. The van der Waals surface area contributed by atoms with Gasteiger partial charge in [-0.25, -0.2) is 4.39 Å². The normalized spacial score (nSPS) is 17.4. The van der Waals surface area contributed by atoms with Gasteiger partial charge in [0, 0.05) is 11.6 Å². The van der Waals surface area contributed by atoms with Gasteiger partial charge in [0.15, 0.2) is 0 Å². The highest BCUT2D eigenvalue weighted by Crippen LogP contribution is 2.29. The molecule has 0 saturated carbocycles. The molecule has 2 aromatic rings. The summed E-state index contributed by atoms with van der Waals surface area (Å²) < 4.78 is 13.7. The lowest BCUT2D eigenvalue weighted by molar-refractivity contribution is -0.118. The van der Waals surface area contributed by atoms with E-state index in [4.69, 9.17) is 11.6 Å². The summed E-state index contributed by atoms with van der Waals surface area (Å²) in [6.07, 6.45) is 0.811. The van der Waals surface area contributed by atoms with Gasteiger partial charge >= 0.3 is 0 Å². The van der Waals surface area contributed by atoms with Gasteiger partial charge in [0.25, 0.3) is 0 Å². The van der Waals surface area contributed by atoms with Crippen LogP contribution in [0.5, 0.6) is 0 Å². The molecule has 24 heavy (non-hydrogen) atoms. The van der Waals surface area contributed by atoms with Crippen LogP contribution in [0.1, 0.15) is 17.2 Å². The molecule has 0 aromatic heterocycles. The summed E-state index contributed by atoms with van der Waals surface area (Å²) in [5.41, 5.74) is 2.28. The van der Waals surface area contributed by atoms with Crippen molar-refractivity contribution in [2.45, 2.75) is 12.5 Å². The molecule has 0 bridgehead atoms. The summed E-state index contributed by atoms with van der Waals surface area (Å²) in [4.78, 5) is 14.2. The third-order valence-corrected chi connectivity index (χ3v) is 4.48. The lowest BCUT2D eigenvalue weighted by atomic mass is 9.93. The van der Waals surface area contributed by atoms with Crippen LogP contribution < -0.4 is 5.32 Å². The molecule has 2 N–H and O–H groups in total. The molecule has 0 spiro atoms. The first-order valence-electron chi connectivity index (χ1n) is 7.76. The number of rotatable bonds is 4. The molecule has 1 unspecified atom stereocenters. The van der Waals surface area contributed by atoms with E-state index in [0.29, 0.717) is 11.6 Å². The maximum atomic E-state index is 13.7. The second-order valence-electron chi connectivity index (χ2n) is 5.79. The highest BCUT2D eigenvalue weighted by molar-refractivity contribution is 6.30. The molecule has 1 heterocycles. The smallest absolute Gasteiger partial charge is 0.238 e. The highest BCUT2D eigenvalue weighted by Gasteiger charge is 2.28. The fourth-order valence-corrected chi connectivity index (χ4v) is 3.25. The Balaban J connectivity index is 1.71. The fourth-order valence-electron chi connectivity index (χ4n) is 3.07. The Labute approximate surface area is 144 Å². The standard InChI is InChI=1S/C18H18ClFN2O2/c19-13-5-6-15(20)16(9-13)21-18(24)10-22-8-7-12-3-1-2-4-14(12)17(22)11-23/h1-6,9,17,23H,7-8,10-11H2,(H,21,24). The summed E-state index contributed by atoms with van der Waals surface area (Å²) >= 11 is 5.83. The topological polar surface area (TPSA) is 52.6 Å². The molecule has 3 rings (SSSR count). The van der Waals surface area contributed by atoms with E-state index >= 15 is 0 Å². The molecule has 0 saturated heterocycles. The number of carbonyl (C=O) groups is 1. The van der Waals surface area contributed by atoms with Crippen LogP contribution in [0.2, 0.25) is 5.02 Å². The van der Waals surface area contributed by atoms with E-state index in [1.807, 2.05) is 29.2 Å². The quantitative estimate of drug-likeness (QED) is 0.893. The minimum Gasteiger partial charge on any atom is -0.394 e. The van der Waals surface area contributed by atoms with Gasteiger partial charge in [-0.2, -0.15) is 0 Å². The Morgan fingerprint density at radius 1 is 1.33 bits per heavy atom. The second-order valence-corrected chi connectivity index (χ2v) is 6.23. The largest absolute Gasteiger partial charge is 0.394 e. The first kappa shape index (κ1) is 16.9. The van der Waals surface area contributed by atoms with E-state index in [1.54, 1.807) is 0 Å². The summed E-state index contributed by atoms with van der Waals surface area (Å²) in [5, 5.41) is 12.6. The van der Waals surface area contributed by atoms with Crippen molar-refractivity contribution in [2.75, 3.05) is 25.0 Å². The van der Waals surface area contributed by atoms with Gasteiger partial charge < -0.3 is 10.4 Å². The molecular weight excluding hydrogens is 331 g/mol. The number of hydrogen-bond donors (Lipinski definition) is 2. The van der Waals surface area contributed by atoms with Crippen LogP contribution in [0.15, 0.2) is 42.5 Å². The summed E-state index contributed by atoms with van der Waals surface area (Å²) in [5.74, 6) is -0.871. The zero-order chi connectivity index (χ0) is 17.1. The van der Waals surface area contributed by atoms with Crippen LogP contribution in [0, 0.1) is 5.82 Å². The number of halogens is 2. The maximum absolute atomic E-state index is 13.7. The van der Waals surface area contributed by atoms with Crippen LogP contribution in [0.25, 0.3) is 0 Å². The molecular formula is C18H18ClFN2O2. The number of aliphatic hydroxyl groups is 1. The van der Waals surface area contributed by atoms with Crippen LogP contribution >= 0.6 is 11.6 Å². The van der Waals surface area contributed by atoms with Crippen molar-refractivity contribution < 1.29 is 14.3 Å². The van der Waals surface area contributed by atoms with Gasteiger partial charge in [0.2, 0.25) is 5.91 Å². The van der Waals surface area contributed by atoms with Gasteiger partial charge in [0.05, 0.1) is 24.9 Å². The number of amides is 1. The first-order chi connectivity index (χ1) is 11.6. The van der Waals surface area contributed by atoms with Gasteiger partial charge in [-0.1, -0.05) is 35.9 Å². The molecule has 4 nitrogen and oxygen atoms in total. The van der Waals surface area contributed by atoms with Gasteiger partial charge in [-0.05, 0) is 35.7 Å². The molecule has 0 aliphatic carbocycles. The Bertz CT molecular complexity index is 754. The molecule has 0 fully saturated rings. The van der Waals surface area contributed by atoms with Crippen molar-refractivity contribution in [3.8, 4) is 0 Å². The van der Waals surface area contributed by atoms with E-state index in [1.165, 1.54) is 23.8 Å². The first-order valence-corrected chi connectivity index (χ1v) is 8.14. The number of benzene rings is 2. The fraction of sp³-hybridized carbons (Fsp3) is 0.278. The average molecular weight is 349 g/mol. The van der Waals surface area contributed by atoms with Crippen molar-refractivity contribution in [3.05, 3.63) is 64.4 Å². The lowest BCUT2D eigenvalue weighted by Gasteiger charge is -2.35. The number of carbonyl (C=O) groups excluding carboxylic acids is 1. The Kier molecular flexibility index (Phi) is 5.14. The van der Waals surface area contributed by atoms with Crippen molar-refractivity contribution in [2.24, 2.45) is 0 Å². The number of nitrogens with zero attached hydrogens (tertiary/aromatic N) is 1. The maximum Gasteiger partial charge on any atom is 0.238 e. The number of hydrogen-bond acceptors (Lipinski definition) is 3. The minimum absolute atomic E-state index is 0.0606. The van der Waals surface area contributed by atoms with E-state index in [0.717, 1.165) is 12.0 Å². The van der Waals surface area contributed by atoms with Crippen molar-refractivity contribution >= 4 is 23.2 Å². The lowest BCUT2D eigenvalue weighted by Crippen LogP contribution is -2.42. The number of nitrogens with one attached hydrogen (secondary N) is 1. The Hall–Kier alpha value is -1.95. The molecule has 2 aromatic carbocycles. The average Bonchev–Trinajstić information content (AvgIpc) is 2.58. The van der Waals surface area contributed by atoms with Crippen molar-refractivity contribution in [1.29, 1.82) is 0 Å². The molecule has 1 atom stereocenters. The Morgan fingerprint density at radius 3 is 2.92 bits per heavy atom. The number of aliphatic hydroxyl groups excluding tert-OH is 1. The summed E-state index contributed by atoms with van der Waals surface area (Å²) in [6.45, 7) is 0.662. The molecule has 6 heteroatoms. The molecule has 126 valence electrons. The van der Waals surface area contributed by atoms with Crippen LogP contribution in [0.3, 0.4) is 0 Å². The van der Waals surface area contributed by atoms with Crippen molar-refractivity contribution in [3.63, 3.8) is 0 Å². The summed E-state index contributed by atoms with van der Waals surface area (Å²) in [7, 11) is 0. The van der Waals surface area contributed by atoms with Gasteiger partial charge in [-0.3, -0.25) is 9.69 Å². The van der Waals surface area contributed by atoms with E-state index in [2.05, 4.69) is 5.32 Å². The van der Waals surface area contributed by atoms with Crippen molar-refractivity contribution in [1.82, 2.24) is 4.90 Å². The summed E-state index contributed by atoms with van der Waals surface area (Å²) in [6, 6.07) is 11.7. The molecule has 1 aliphatic heterocycles. The third kappa shape index (κ3) is 3.59. The van der Waals surface area contributed by atoms with Crippen LogP contribution in [-0.2, 0) is 11.2 Å². The SMILES string of the molecule is O=C(CN1CCc2ccccc2C1CO)Nc1cc(Cl)ccc1F. The molecule has 1 amide bonds. The second kappa shape index (κ2) is 7.30. The highest BCUT2D eigenvalue weighted by atomic mass is 35.5. The monoisotopic (exact) mass is 348 g/mol. The van der Waals surface area contributed by atoms with E-state index in [9.17, 15) is 14.3 Å². The molecule has 1 aliphatic rings. The van der Waals surface area contributed by atoms with Gasteiger partial charge in [0.1, 0.15) is 5.82 Å². The Morgan fingerprint density at radius 2 is 2.12 bits per heavy atom. The van der Waals surface area contributed by atoms with E-state index < -0.39 is 5.82 Å². The van der Waals surface area contributed by atoms with Gasteiger partial charge in [-0.15, -0.1) is 0 Å². The predicted molar refractivity (Wildman–Crippen MR) is 91.6 cm³/mol. The number of fused-ring (bicyclic) bond motifs is 1. The predicted octanol–water partition coefficient (Wildman–Crippen LogP) is 3.01. The molecule has 0 radical (unpaired) electrons. The van der Waals surface area contributed by atoms with Crippen LogP contribution in [-0.4, -0.2) is 35.6 Å².